The third-order valence-electron chi connectivity index (χ3n) is 2.13. The number of nitrogens with zero attached hydrogens (tertiary/aromatic N) is 1. The first-order chi connectivity index (χ1) is 9.12. The first-order valence-electron chi connectivity index (χ1n) is 5.47. The van der Waals surface area contributed by atoms with Crippen LogP contribution in [0.1, 0.15) is 6.92 Å². The SMILES string of the molecule is CCOC(=O)/C(C=N)=C(\C#N)Nc1ccc(Br)cc1. The van der Waals surface area contributed by atoms with E-state index in [1.54, 1.807) is 31.2 Å². The van der Waals surface area contributed by atoms with Gasteiger partial charge in [0, 0.05) is 16.4 Å². The van der Waals surface area contributed by atoms with E-state index in [2.05, 4.69) is 21.2 Å². The Morgan fingerprint density at radius 3 is 2.63 bits per heavy atom. The zero-order chi connectivity index (χ0) is 14.3. The molecular formula is C13H12BrN3O2. The number of nitriles is 1. The number of ether oxygens (including phenoxy) is 1. The van der Waals surface area contributed by atoms with E-state index < -0.39 is 5.97 Å². The summed E-state index contributed by atoms with van der Waals surface area (Å²) in [5.41, 5.74) is 0.520. The van der Waals surface area contributed by atoms with Gasteiger partial charge in [-0.15, -0.1) is 0 Å². The number of hydrogen-bond acceptors (Lipinski definition) is 5. The van der Waals surface area contributed by atoms with Gasteiger partial charge < -0.3 is 15.5 Å². The average Bonchev–Trinajstić information content (AvgIpc) is 2.41. The molecule has 2 N–H and O–H groups in total. The van der Waals surface area contributed by atoms with Gasteiger partial charge in [0.2, 0.25) is 0 Å². The Balaban J connectivity index is 3.04. The lowest BCUT2D eigenvalue weighted by Crippen LogP contribution is -2.14. The predicted octanol–water partition coefficient (Wildman–Crippen LogP) is 2.85. The molecule has 0 spiro atoms. The van der Waals surface area contributed by atoms with Crippen LogP contribution in [0.25, 0.3) is 0 Å². The molecule has 0 unspecified atom stereocenters. The van der Waals surface area contributed by atoms with Crippen LogP contribution in [0.3, 0.4) is 0 Å². The summed E-state index contributed by atoms with van der Waals surface area (Å²) in [6, 6.07) is 8.94. The third kappa shape index (κ3) is 4.23. The Labute approximate surface area is 119 Å². The summed E-state index contributed by atoms with van der Waals surface area (Å²) in [5.74, 6) is -0.696. The van der Waals surface area contributed by atoms with Crippen LogP contribution in [0.2, 0.25) is 0 Å². The van der Waals surface area contributed by atoms with Gasteiger partial charge in [0.25, 0.3) is 0 Å². The number of benzene rings is 1. The van der Waals surface area contributed by atoms with E-state index in [0.29, 0.717) is 5.69 Å². The van der Waals surface area contributed by atoms with Gasteiger partial charge in [-0.1, -0.05) is 15.9 Å². The van der Waals surface area contributed by atoms with Gasteiger partial charge in [-0.2, -0.15) is 5.26 Å². The summed E-state index contributed by atoms with van der Waals surface area (Å²) < 4.78 is 5.69. The van der Waals surface area contributed by atoms with Crippen molar-refractivity contribution in [1.82, 2.24) is 0 Å². The molecule has 0 saturated carbocycles. The summed E-state index contributed by atoms with van der Waals surface area (Å²) in [6.45, 7) is 1.85. The zero-order valence-electron chi connectivity index (χ0n) is 10.2. The Bertz CT molecular complexity index is 544. The van der Waals surface area contributed by atoms with Crippen molar-refractivity contribution in [3.8, 4) is 6.07 Å². The minimum atomic E-state index is -0.696. The van der Waals surface area contributed by atoms with Crippen LogP contribution in [-0.4, -0.2) is 18.8 Å². The highest BCUT2D eigenvalue weighted by Crippen LogP contribution is 2.16. The number of rotatable bonds is 5. The molecule has 0 atom stereocenters. The van der Waals surface area contributed by atoms with Crippen molar-refractivity contribution in [1.29, 1.82) is 10.7 Å². The maximum atomic E-state index is 11.6. The second kappa shape index (κ2) is 7.34. The normalized spacial score (nSPS) is 11.0. The van der Waals surface area contributed by atoms with Gasteiger partial charge in [-0.05, 0) is 31.2 Å². The van der Waals surface area contributed by atoms with E-state index >= 15 is 0 Å². The Morgan fingerprint density at radius 1 is 1.53 bits per heavy atom. The van der Waals surface area contributed by atoms with E-state index in [4.69, 9.17) is 15.4 Å². The fourth-order valence-corrected chi connectivity index (χ4v) is 1.54. The molecule has 0 fully saturated rings. The van der Waals surface area contributed by atoms with Crippen molar-refractivity contribution in [2.75, 3.05) is 11.9 Å². The highest BCUT2D eigenvalue weighted by molar-refractivity contribution is 9.10. The van der Waals surface area contributed by atoms with Crippen LogP contribution >= 0.6 is 15.9 Å². The van der Waals surface area contributed by atoms with E-state index in [0.717, 1.165) is 10.7 Å². The van der Waals surface area contributed by atoms with Crippen LogP contribution in [0.15, 0.2) is 40.0 Å². The van der Waals surface area contributed by atoms with Gasteiger partial charge in [-0.3, -0.25) is 0 Å². The molecule has 0 amide bonds. The molecule has 1 aromatic carbocycles. The number of nitrogens with one attached hydrogen (secondary N) is 2. The van der Waals surface area contributed by atoms with Crippen molar-refractivity contribution in [3.05, 3.63) is 40.0 Å². The van der Waals surface area contributed by atoms with Crippen molar-refractivity contribution in [2.24, 2.45) is 0 Å². The molecule has 19 heavy (non-hydrogen) atoms. The van der Waals surface area contributed by atoms with E-state index in [-0.39, 0.29) is 17.9 Å². The molecule has 98 valence electrons. The largest absolute Gasteiger partial charge is 0.462 e. The standard InChI is InChI=1S/C13H12BrN3O2/c1-2-19-13(18)11(7-15)12(8-16)17-10-5-3-9(14)4-6-10/h3-7,15,17H,2H2,1H3/b12-11+,15-7?. The Kier molecular flexibility index (Phi) is 5.76. The average molecular weight is 322 g/mol. The second-order valence-corrected chi connectivity index (χ2v) is 4.31. The van der Waals surface area contributed by atoms with Crippen molar-refractivity contribution < 1.29 is 9.53 Å². The van der Waals surface area contributed by atoms with Crippen LogP contribution in [0.4, 0.5) is 5.69 Å². The number of hydrogen-bond donors (Lipinski definition) is 2. The Hall–Kier alpha value is -2.13. The topological polar surface area (TPSA) is 86.0 Å². The molecule has 5 nitrogen and oxygen atoms in total. The number of allylic oxidation sites excluding steroid dienone is 1. The van der Waals surface area contributed by atoms with E-state index in [1.165, 1.54) is 0 Å². The maximum absolute atomic E-state index is 11.6. The molecule has 0 bridgehead atoms. The highest BCUT2D eigenvalue weighted by Gasteiger charge is 2.14. The molecule has 1 rings (SSSR count). The molecule has 1 aromatic rings. The molecule has 6 heteroatoms. The molecular weight excluding hydrogens is 310 g/mol. The summed E-state index contributed by atoms with van der Waals surface area (Å²) in [7, 11) is 0. The summed E-state index contributed by atoms with van der Waals surface area (Å²) in [6.07, 6.45) is 0.808. The lowest BCUT2D eigenvalue weighted by molar-refractivity contribution is -0.137. The third-order valence-corrected chi connectivity index (χ3v) is 2.66. The van der Waals surface area contributed by atoms with Gasteiger partial charge in [-0.25, -0.2) is 4.79 Å². The van der Waals surface area contributed by atoms with E-state index in [1.807, 2.05) is 6.07 Å². The van der Waals surface area contributed by atoms with Gasteiger partial charge in [0.15, 0.2) is 0 Å². The monoisotopic (exact) mass is 321 g/mol. The van der Waals surface area contributed by atoms with Crippen LogP contribution in [0.5, 0.6) is 0 Å². The first kappa shape index (κ1) is 14.9. The number of carbonyl (C=O) groups is 1. The van der Waals surface area contributed by atoms with Crippen LogP contribution < -0.4 is 5.32 Å². The fraction of sp³-hybridized carbons (Fsp3) is 0.154. The van der Waals surface area contributed by atoms with Crippen LogP contribution in [0, 0.1) is 16.7 Å². The molecule has 0 aliphatic rings. The van der Waals surface area contributed by atoms with Crippen molar-refractivity contribution >= 4 is 33.8 Å². The number of halogens is 1. The van der Waals surface area contributed by atoms with Crippen molar-refractivity contribution in [3.63, 3.8) is 0 Å². The minimum absolute atomic E-state index is 0.0178. The minimum Gasteiger partial charge on any atom is -0.462 e. The number of carbonyl (C=O) groups excluding carboxylic acids is 1. The molecule has 0 heterocycles. The van der Waals surface area contributed by atoms with Gasteiger partial charge >= 0.3 is 5.97 Å². The molecule has 0 radical (unpaired) electrons. The predicted molar refractivity (Wildman–Crippen MR) is 75.8 cm³/mol. The quantitative estimate of drug-likeness (QED) is 0.378. The van der Waals surface area contributed by atoms with Gasteiger partial charge in [0.05, 0.1) is 6.61 Å². The molecule has 0 saturated heterocycles. The number of anilines is 1. The Morgan fingerprint density at radius 2 is 2.16 bits per heavy atom. The first-order valence-corrected chi connectivity index (χ1v) is 6.26. The second-order valence-electron chi connectivity index (χ2n) is 3.40. The molecule has 0 aliphatic carbocycles. The lowest BCUT2D eigenvalue weighted by atomic mass is 10.2. The van der Waals surface area contributed by atoms with Gasteiger partial charge in [0.1, 0.15) is 17.3 Å². The van der Waals surface area contributed by atoms with Crippen molar-refractivity contribution in [2.45, 2.75) is 6.92 Å². The zero-order valence-corrected chi connectivity index (χ0v) is 11.8. The smallest absolute Gasteiger partial charge is 0.342 e. The number of esters is 1. The molecule has 0 aliphatic heterocycles. The van der Waals surface area contributed by atoms with Crippen LogP contribution in [-0.2, 0) is 9.53 Å². The molecule has 0 aromatic heterocycles. The van der Waals surface area contributed by atoms with E-state index in [9.17, 15) is 4.79 Å². The summed E-state index contributed by atoms with van der Waals surface area (Å²) in [4.78, 5) is 11.6. The summed E-state index contributed by atoms with van der Waals surface area (Å²) in [5, 5.41) is 19.1. The summed E-state index contributed by atoms with van der Waals surface area (Å²) >= 11 is 3.30. The lowest BCUT2D eigenvalue weighted by Gasteiger charge is -2.08. The maximum Gasteiger partial charge on any atom is 0.342 e. The fourth-order valence-electron chi connectivity index (χ4n) is 1.28. The highest BCUT2D eigenvalue weighted by atomic mass is 79.9.